The molecule has 4 nitrogen and oxygen atoms in total. The van der Waals surface area contributed by atoms with Crippen LogP contribution in [0.2, 0.25) is 10.3 Å². The first-order valence-corrected chi connectivity index (χ1v) is 8.01. The maximum absolute atomic E-state index is 10.3. The fraction of sp³-hybridized carbons (Fsp3) is 0.312. The van der Waals surface area contributed by atoms with Crippen LogP contribution in [0.1, 0.15) is 25.3 Å². The molecule has 1 unspecified atom stereocenters. The van der Waals surface area contributed by atoms with Gasteiger partial charge in [-0.2, -0.15) is 0 Å². The molecule has 2 heterocycles. The highest BCUT2D eigenvalue weighted by Crippen LogP contribution is 2.37. The Balaban J connectivity index is 2.22. The first-order valence-electron chi connectivity index (χ1n) is 7.25. The van der Waals surface area contributed by atoms with Gasteiger partial charge in [-0.3, -0.25) is 4.57 Å². The van der Waals surface area contributed by atoms with Crippen LogP contribution in [-0.4, -0.2) is 32.3 Å². The molecule has 0 amide bonds. The Morgan fingerprint density at radius 1 is 1.27 bits per heavy atom. The first-order chi connectivity index (χ1) is 10.6. The van der Waals surface area contributed by atoms with Gasteiger partial charge in [0.2, 0.25) is 0 Å². The lowest BCUT2D eigenvalue weighted by Crippen LogP contribution is -2.37. The Labute approximate surface area is 139 Å². The number of aromatic nitrogens is 2. The van der Waals surface area contributed by atoms with E-state index >= 15 is 0 Å². The molecular formula is C16H17Cl2N3O. The van der Waals surface area contributed by atoms with E-state index in [-0.39, 0.29) is 5.15 Å². The van der Waals surface area contributed by atoms with E-state index < -0.39 is 6.23 Å². The standard InChI is InChI=1S/C16H17Cl2N3O/c1-2-20-13(22)9-8-12(21-10-19-15(17)16(21)18)14(20)11-6-4-3-5-7-11/h3-7,10,13,22H,2,8-9H2,1H3. The van der Waals surface area contributed by atoms with Crippen molar-refractivity contribution in [2.75, 3.05) is 6.54 Å². The summed E-state index contributed by atoms with van der Waals surface area (Å²) < 4.78 is 1.81. The Morgan fingerprint density at radius 2 is 2.00 bits per heavy atom. The molecule has 1 aliphatic heterocycles. The SMILES string of the molecule is CCN1C(c2ccccc2)=C(n2cnc(Cl)c2Cl)CCC1O. The largest absolute Gasteiger partial charge is 0.374 e. The number of benzene rings is 1. The second kappa shape index (κ2) is 6.32. The van der Waals surface area contributed by atoms with Crippen molar-refractivity contribution in [3.63, 3.8) is 0 Å². The number of imidazole rings is 1. The zero-order chi connectivity index (χ0) is 15.7. The van der Waals surface area contributed by atoms with Crippen molar-refractivity contribution in [1.82, 2.24) is 14.5 Å². The molecule has 1 aromatic heterocycles. The van der Waals surface area contributed by atoms with Gasteiger partial charge in [0.1, 0.15) is 12.6 Å². The summed E-state index contributed by atoms with van der Waals surface area (Å²) in [6.07, 6.45) is 2.48. The molecule has 0 bridgehead atoms. The molecule has 2 aromatic rings. The molecule has 116 valence electrons. The fourth-order valence-corrected chi connectivity index (χ4v) is 3.22. The van der Waals surface area contributed by atoms with Crippen molar-refractivity contribution in [2.24, 2.45) is 0 Å². The average Bonchev–Trinajstić information content (AvgIpc) is 2.87. The number of hydrogen-bond donors (Lipinski definition) is 1. The van der Waals surface area contributed by atoms with Gasteiger partial charge >= 0.3 is 0 Å². The molecule has 0 saturated carbocycles. The second-order valence-corrected chi connectivity index (χ2v) is 5.88. The van der Waals surface area contributed by atoms with Gasteiger partial charge in [0.25, 0.3) is 0 Å². The van der Waals surface area contributed by atoms with Crippen molar-refractivity contribution in [1.29, 1.82) is 0 Å². The Morgan fingerprint density at radius 3 is 2.59 bits per heavy atom. The monoisotopic (exact) mass is 337 g/mol. The number of hydrogen-bond acceptors (Lipinski definition) is 3. The molecular weight excluding hydrogens is 321 g/mol. The number of aliphatic hydroxyl groups excluding tert-OH is 1. The summed E-state index contributed by atoms with van der Waals surface area (Å²) in [5.41, 5.74) is 3.01. The Hall–Kier alpha value is -1.49. The third kappa shape index (κ3) is 2.62. The van der Waals surface area contributed by atoms with E-state index in [1.165, 1.54) is 0 Å². The predicted molar refractivity (Wildman–Crippen MR) is 89.4 cm³/mol. The molecule has 0 spiro atoms. The van der Waals surface area contributed by atoms with Crippen LogP contribution in [0.25, 0.3) is 11.4 Å². The van der Waals surface area contributed by atoms with Crippen LogP contribution in [0.15, 0.2) is 36.7 Å². The summed E-state index contributed by atoms with van der Waals surface area (Å²) in [5.74, 6) is 0. The van der Waals surface area contributed by atoms with E-state index in [0.29, 0.717) is 24.5 Å². The molecule has 0 saturated heterocycles. The molecule has 1 aliphatic rings. The highest BCUT2D eigenvalue weighted by Gasteiger charge is 2.28. The Bertz CT molecular complexity index is 697. The van der Waals surface area contributed by atoms with Gasteiger partial charge in [-0.15, -0.1) is 0 Å². The van der Waals surface area contributed by atoms with Crippen molar-refractivity contribution in [3.05, 3.63) is 52.5 Å². The third-order valence-electron chi connectivity index (χ3n) is 3.91. The molecule has 1 aromatic carbocycles. The number of rotatable bonds is 3. The lowest BCUT2D eigenvalue weighted by atomic mass is 10.0. The van der Waals surface area contributed by atoms with Gasteiger partial charge in [0.15, 0.2) is 10.3 Å². The van der Waals surface area contributed by atoms with Gasteiger partial charge in [-0.05, 0) is 25.3 Å². The minimum atomic E-state index is -0.498. The van der Waals surface area contributed by atoms with Crippen molar-refractivity contribution in [2.45, 2.75) is 26.0 Å². The van der Waals surface area contributed by atoms with Crippen LogP contribution in [0.5, 0.6) is 0 Å². The van der Waals surface area contributed by atoms with Crippen molar-refractivity contribution < 1.29 is 5.11 Å². The highest BCUT2D eigenvalue weighted by atomic mass is 35.5. The van der Waals surface area contributed by atoms with Gasteiger partial charge < -0.3 is 10.0 Å². The van der Waals surface area contributed by atoms with Crippen LogP contribution < -0.4 is 0 Å². The zero-order valence-electron chi connectivity index (χ0n) is 12.2. The summed E-state index contributed by atoms with van der Waals surface area (Å²) >= 11 is 12.3. The minimum Gasteiger partial charge on any atom is -0.374 e. The maximum Gasteiger partial charge on any atom is 0.166 e. The van der Waals surface area contributed by atoms with Crippen molar-refractivity contribution >= 4 is 34.6 Å². The predicted octanol–water partition coefficient (Wildman–Crippen LogP) is 3.95. The van der Waals surface area contributed by atoms with E-state index in [1.54, 1.807) is 10.9 Å². The number of nitrogens with zero attached hydrogens (tertiary/aromatic N) is 3. The minimum absolute atomic E-state index is 0.288. The topological polar surface area (TPSA) is 41.3 Å². The van der Waals surface area contributed by atoms with Crippen LogP contribution in [-0.2, 0) is 0 Å². The molecule has 0 aliphatic carbocycles. The van der Waals surface area contributed by atoms with Crippen LogP contribution >= 0.6 is 23.2 Å². The summed E-state index contributed by atoms with van der Waals surface area (Å²) in [6.45, 7) is 2.73. The third-order valence-corrected chi connectivity index (χ3v) is 4.64. The van der Waals surface area contributed by atoms with Gasteiger partial charge in [-0.1, -0.05) is 53.5 Å². The normalized spacial score (nSPS) is 18.9. The highest BCUT2D eigenvalue weighted by molar-refractivity contribution is 6.40. The average molecular weight is 338 g/mol. The van der Waals surface area contributed by atoms with Gasteiger partial charge in [-0.25, -0.2) is 4.98 Å². The summed E-state index contributed by atoms with van der Waals surface area (Å²) in [4.78, 5) is 6.06. The van der Waals surface area contributed by atoms with E-state index in [2.05, 4.69) is 4.98 Å². The smallest absolute Gasteiger partial charge is 0.166 e. The van der Waals surface area contributed by atoms with Gasteiger partial charge in [0, 0.05) is 12.2 Å². The molecule has 0 radical (unpaired) electrons. The lowest BCUT2D eigenvalue weighted by Gasteiger charge is -2.37. The molecule has 22 heavy (non-hydrogen) atoms. The quantitative estimate of drug-likeness (QED) is 0.921. The molecule has 1 atom stereocenters. The molecule has 0 fully saturated rings. The number of halogens is 2. The maximum atomic E-state index is 10.3. The van der Waals surface area contributed by atoms with E-state index in [4.69, 9.17) is 23.2 Å². The van der Waals surface area contributed by atoms with Crippen LogP contribution in [0.3, 0.4) is 0 Å². The molecule has 1 N–H and O–H groups in total. The number of aliphatic hydroxyl groups is 1. The Kier molecular flexibility index (Phi) is 4.43. The van der Waals surface area contributed by atoms with Crippen LogP contribution in [0, 0.1) is 0 Å². The number of allylic oxidation sites excluding steroid dienone is 1. The van der Waals surface area contributed by atoms with Crippen molar-refractivity contribution in [3.8, 4) is 0 Å². The fourth-order valence-electron chi connectivity index (χ4n) is 2.89. The van der Waals surface area contributed by atoms with Gasteiger partial charge in [0.05, 0.1) is 5.70 Å². The van der Waals surface area contributed by atoms with Crippen LogP contribution in [0.4, 0.5) is 0 Å². The van der Waals surface area contributed by atoms with E-state index in [1.807, 2.05) is 42.2 Å². The molecule has 3 rings (SSSR count). The second-order valence-electron chi connectivity index (χ2n) is 5.16. The zero-order valence-corrected chi connectivity index (χ0v) is 13.7. The summed E-state index contributed by atoms with van der Waals surface area (Å²) in [6, 6.07) is 10.00. The summed E-state index contributed by atoms with van der Waals surface area (Å²) in [5, 5.41) is 11.0. The van der Waals surface area contributed by atoms with E-state index in [0.717, 1.165) is 17.0 Å². The van der Waals surface area contributed by atoms with E-state index in [9.17, 15) is 5.11 Å². The summed E-state index contributed by atoms with van der Waals surface area (Å²) in [7, 11) is 0. The molecule has 6 heteroatoms. The lowest BCUT2D eigenvalue weighted by molar-refractivity contribution is 0.0378. The first kappa shape index (κ1) is 15.4.